The lowest BCUT2D eigenvalue weighted by Gasteiger charge is -2.31. The summed E-state index contributed by atoms with van der Waals surface area (Å²) >= 11 is 13.6. The zero-order valence-corrected chi connectivity index (χ0v) is 83.7. The van der Waals surface area contributed by atoms with E-state index in [9.17, 15) is 0 Å². The third-order valence-electron chi connectivity index (χ3n) is 26.1. The average molecular weight is 2090 g/mol. The lowest BCUT2D eigenvalue weighted by atomic mass is 10.00. The summed E-state index contributed by atoms with van der Waals surface area (Å²) in [6, 6.07) is 193. The second-order valence-electron chi connectivity index (χ2n) is 35.4. The molecule has 0 aliphatic heterocycles. The van der Waals surface area contributed by atoms with Gasteiger partial charge in [-0.05, 0) is 280 Å². The van der Waals surface area contributed by atoms with Crippen molar-refractivity contribution in [3.05, 3.63) is 564 Å². The maximum atomic E-state index is 3.97. The summed E-state index contributed by atoms with van der Waals surface area (Å²) in [6.07, 6.45) is 0. The van der Waals surface area contributed by atoms with Gasteiger partial charge in [-0.1, -0.05) is 421 Å². The van der Waals surface area contributed by atoms with Crippen LogP contribution in [0.2, 0.25) is 0 Å². The van der Waals surface area contributed by atoms with Crippen molar-refractivity contribution in [2.24, 2.45) is 0 Å². The van der Waals surface area contributed by atoms with Crippen molar-refractivity contribution in [2.45, 2.75) is 36.1 Å². The first-order valence-corrected chi connectivity index (χ1v) is 50.9. The zero-order valence-electron chi connectivity index (χ0n) is 78.1. The molecule has 0 saturated heterocycles. The Morgan fingerprint density at radius 2 is 0.400 bits per heavy atom. The summed E-state index contributed by atoms with van der Waals surface area (Å²) in [5.41, 5.74) is 29.3. The van der Waals surface area contributed by atoms with Crippen molar-refractivity contribution >= 4 is 225 Å². The van der Waals surface area contributed by atoms with Crippen LogP contribution in [-0.4, -0.2) is 0 Å². The number of aryl methyl sites for hydroxylation is 2. The van der Waals surface area contributed by atoms with Crippen molar-refractivity contribution < 1.29 is 0 Å². The molecule has 24 rings (SSSR count). The molecule has 0 saturated carbocycles. The van der Waals surface area contributed by atoms with Gasteiger partial charge in [-0.2, -0.15) is 0 Å². The summed E-state index contributed by atoms with van der Waals surface area (Å²) in [4.78, 5) is 14.0. The Hall–Kier alpha value is -16.4. The van der Waals surface area contributed by atoms with Gasteiger partial charge in [0.2, 0.25) is 0 Å². The van der Waals surface area contributed by atoms with Crippen LogP contribution in [0.3, 0.4) is 0 Å². The Kier molecular flexibility index (Phi) is 29.8. The predicted octanol–water partition coefficient (Wildman–Crippen LogP) is 42.7. The lowest BCUT2D eigenvalue weighted by molar-refractivity contribution is 1.24. The fraction of sp³-hybridized carbons (Fsp3) is 0.0370. The molecule has 0 amide bonds. The largest absolute Gasteiger partial charge is 0.310 e. The smallest absolute Gasteiger partial charge is 0.0540 e. The second-order valence-corrected chi connectivity index (χ2v) is 39.3. The van der Waals surface area contributed by atoms with Crippen molar-refractivity contribution in [3.63, 3.8) is 0 Å². The van der Waals surface area contributed by atoms with Crippen LogP contribution < -0.4 is 29.4 Å². The topological polar surface area (TPSA) is 19.4 Å². The van der Waals surface area contributed by atoms with Gasteiger partial charge in [0.15, 0.2) is 0 Å². The molecule has 24 aromatic rings. The highest BCUT2D eigenvalue weighted by Crippen LogP contribution is 2.51. The van der Waals surface area contributed by atoms with E-state index in [1.54, 1.807) is 0 Å². The van der Waals surface area contributed by atoms with Crippen molar-refractivity contribution in [2.75, 3.05) is 29.4 Å². The van der Waals surface area contributed by atoms with E-state index in [2.05, 4.69) is 631 Å². The Bertz CT molecular complexity index is 8320. The minimum Gasteiger partial charge on any atom is -0.310 e. The quantitative estimate of drug-likeness (QED) is 0.0709. The number of anilines is 18. The first-order valence-electron chi connectivity index (χ1n) is 47.7. The lowest BCUT2D eigenvalue weighted by Crippen LogP contribution is -2.14. The van der Waals surface area contributed by atoms with Crippen molar-refractivity contribution in [1.29, 1.82) is 0 Å². The zero-order chi connectivity index (χ0) is 95.8. The van der Waals surface area contributed by atoms with E-state index >= 15 is 0 Å². The third-order valence-corrected chi connectivity index (χ3v) is 28.6. The van der Waals surface area contributed by atoms with Crippen LogP contribution in [0.1, 0.15) is 33.4 Å². The molecule has 1 heterocycles. The number of hydrogen-bond donors (Lipinski definition) is 0. The van der Waals surface area contributed by atoms with Gasteiger partial charge in [0.1, 0.15) is 0 Å². The Morgan fingerprint density at radius 3 is 0.766 bits per heavy atom. The molecular formula is C135H107Br3N6S. The van der Waals surface area contributed by atoms with Crippen LogP contribution in [0.5, 0.6) is 0 Å². The fourth-order valence-corrected chi connectivity index (χ4v) is 21.8. The molecule has 0 atom stereocenters. The molecule has 6 nitrogen and oxygen atoms in total. The highest BCUT2D eigenvalue weighted by molar-refractivity contribution is 9.11. The van der Waals surface area contributed by atoms with E-state index in [0.29, 0.717) is 0 Å². The highest BCUT2D eigenvalue weighted by Gasteiger charge is 2.26. The van der Waals surface area contributed by atoms with Crippen LogP contribution in [-0.2, 0) is 0 Å². The summed E-state index contributed by atoms with van der Waals surface area (Å²) < 4.78 is 5.65. The SMILES string of the molecule is Brc1cc(N(c2ccc3ccccc3c2)c2cccc3ccccc23)cc(N(c2ccc3ccccc3c2)c2cccc3ccccc23)c1.Brc1cc(N(c2ccccc2)c2ccccc2)cc(N(c2ccccc2)c2ccc(-c3ccc4c(c3)sc3ccccc34)cc2)c1.C.C.C.Cc1ccc(N(c2ccc(C)cc2)c2cc(Br)cc(N(c3ccccc3)c3ccc(-c4ccc(-c5ccccc5)cc4)cc3)c2)cc1. The third kappa shape index (κ3) is 21.3. The standard InChI is InChI=1S/C46H31BrN2.C44H35BrN2.C42H29BrN2S.3CH4/c47-38-29-41(48(39-25-23-32-11-1-3-15-36(32)27-39)45-21-9-17-34-13-5-7-19-43(34)45)31-42(30-38)49(40-26-24-33-12-2-4-16-37(33)28-40)46-22-10-18-35-14-6-8-20-44(35)46;1-32-13-23-40(24-14-32)47(41-25-15-33(2)16-26-41)44-30-38(45)29-43(31-44)46(39-11-7-4-8-12-39)42-27-21-37(22-28-42)36-19-17-35(18-20-36)34-9-5-3-6-10-34;43-32-27-37(44(33-12-4-1-5-13-33)34-14-6-2-7-15-34)29-38(28-32)45(35-16-8-3-9-17-35)36-23-20-30(21-24-36)31-22-25-40-39-18-10-11-19-41(39)46-42(40)26-31;;;/h1-31H;3-31H,1-2H3;1-29H;3*1H4. The van der Waals surface area contributed by atoms with Gasteiger partial charge in [0.05, 0.1) is 11.4 Å². The molecule has 0 fully saturated rings. The van der Waals surface area contributed by atoms with E-state index in [-0.39, 0.29) is 22.3 Å². The highest BCUT2D eigenvalue weighted by atomic mass is 79.9. The Morgan fingerprint density at radius 1 is 0.152 bits per heavy atom. The van der Waals surface area contributed by atoms with Gasteiger partial charge in [0.25, 0.3) is 0 Å². The summed E-state index contributed by atoms with van der Waals surface area (Å²) in [5, 5.41) is 12.3. The van der Waals surface area contributed by atoms with Crippen molar-refractivity contribution in [1.82, 2.24) is 0 Å². The molecule has 0 spiro atoms. The Labute approximate surface area is 880 Å². The molecule has 0 radical (unpaired) electrons. The normalized spacial score (nSPS) is 10.9. The molecule has 0 aliphatic carbocycles. The molecule has 0 N–H and O–H groups in total. The van der Waals surface area contributed by atoms with Crippen LogP contribution >= 0.6 is 59.1 Å². The second kappa shape index (κ2) is 44.4. The number of benzene rings is 23. The number of halogens is 3. The van der Waals surface area contributed by atoms with Gasteiger partial charge < -0.3 is 29.4 Å². The minimum atomic E-state index is 0. The molecule has 145 heavy (non-hydrogen) atoms. The molecule has 10 heteroatoms. The molecule has 23 aromatic carbocycles. The maximum absolute atomic E-state index is 3.97. The van der Waals surface area contributed by atoms with Crippen LogP contribution in [0, 0.1) is 13.8 Å². The van der Waals surface area contributed by atoms with E-state index < -0.39 is 0 Å². The monoisotopic (exact) mass is 2080 g/mol. The number of nitrogens with zero attached hydrogens (tertiary/aromatic N) is 6. The van der Waals surface area contributed by atoms with Crippen LogP contribution in [0.4, 0.5) is 102 Å². The minimum absolute atomic E-state index is 0. The number of fused-ring (bicyclic) bond motifs is 7. The first-order chi connectivity index (χ1) is 69.9. The first kappa shape index (κ1) is 97.4. The molecule has 0 aliphatic rings. The van der Waals surface area contributed by atoms with Gasteiger partial charge in [0, 0.05) is 135 Å². The van der Waals surface area contributed by atoms with Gasteiger partial charge in [-0.3, -0.25) is 0 Å². The molecular weight excluding hydrogens is 1980 g/mol. The van der Waals surface area contributed by atoms with E-state index in [1.807, 2.05) is 11.3 Å². The Balaban J connectivity index is 0.000000136. The van der Waals surface area contributed by atoms with Gasteiger partial charge in [-0.15, -0.1) is 11.3 Å². The molecule has 704 valence electrons. The summed E-state index contributed by atoms with van der Waals surface area (Å²) in [7, 11) is 0. The maximum Gasteiger partial charge on any atom is 0.0540 e. The van der Waals surface area contributed by atoms with E-state index in [0.717, 1.165) is 116 Å². The number of hydrogen-bond acceptors (Lipinski definition) is 7. The molecule has 1 aromatic heterocycles. The van der Waals surface area contributed by atoms with Crippen LogP contribution in [0.15, 0.2) is 553 Å². The number of thiophene rings is 1. The van der Waals surface area contributed by atoms with Crippen LogP contribution in [0.25, 0.3) is 96.6 Å². The average Bonchev–Trinajstić information content (AvgIpc) is 1.60. The summed E-state index contributed by atoms with van der Waals surface area (Å²) in [6.45, 7) is 4.25. The van der Waals surface area contributed by atoms with E-state index in [4.69, 9.17) is 0 Å². The molecule has 0 unspecified atom stereocenters. The predicted molar refractivity (Wildman–Crippen MR) is 639 cm³/mol. The summed E-state index contributed by atoms with van der Waals surface area (Å²) in [5.74, 6) is 0. The number of rotatable bonds is 21. The van der Waals surface area contributed by atoms with Gasteiger partial charge in [-0.25, -0.2) is 0 Å². The molecule has 0 bridgehead atoms. The fourth-order valence-electron chi connectivity index (χ4n) is 19.2. The van der Waals surface area contributed by atoms with Crippen molar-refractivity contribution in [3.8, 4) is 33.4 Å². The number of para-hydroxylation sites is 4. The van der Waals surface area contributed by atoms with Gasteiger partial charge >= 0.3 is 0 Å². The van der Waals surface area contributed by atoms with E-state index in [1.165, 1.54) is 108 Å².